The van der Waals surface area contributed by atoms with Crippen molar-refractivity contribution >= 4 is 17.0 Å². The molecule has 4 heteroatoms. The quantitative estimate of drug-likeness (QED) is 0.881. The first-order chi connectivity index (χ1) is 8.19. The fourth-order valence-corrected chi connectivity index (χ4v) is 2.13. The van der Waals surface area contributed by atoms with E-state index in [1.54, 1.807) is 12.1 Å². The SMILES string of the molecule is CCCc1nc2c(C(=O)O)cccc2n1CC. The highest BCUT2D eigenvalue weighted by molar-refractivity contribution is 6.01. The molecule has 1 N–H and O–H groups in total. The van der Waals surface area contributed by atoms with Crippen LogP contribution in [0.1, 0.15) is 36.5 Å². The first-order valence-corrected chi connectivity index (χ1v) is 5.90. The number of hydrogen-bond acceptors (Lipinski definition) is 2. The smallest absolute Gasteiger partial charge is 0.337 e. The molecule has 0 amide bonds. The molecule has 0 radical (unpaired) electrons. The molecule has 0 unspecified atom stereocenters. The van der Waals surface area contributed by atoms with Crippen LogP contribution in [-0.2, 0) is 13.0 Å². The first kappa shape index (κ1) is 11.6. The fourth-order valence-electron chi connectivity index (χ4n) is 2.13. The standard InChI is InChI=1S/C13H16N2O2/c1-3-6-11-14-12-9(13(16)17)7-5-8-10(12)15(11)4-2/h5,7-8H,3-4,6H2,1-2H3,(H,16,17). The van der Waals surface area contributed by atoms with Crippen LogP contribution in [0.2, 0.25) is 0 Å². The molecule has 17 heavy (non-hydrogen) atoms. The second kappa shape index (κ2) is 4.57. The molecule has 0 atom stereocenters. The fraction of sp³-hybridized carbons (Fsp3) is 0.385. The molecular weight excluding hydrogens is 216 g/mol. The second-order valence-corrected chi connectivity index (χ2v) is 4.00. The van der Waals surface area contributed by atoms with Crippen molar-refractivity contribution in [2.24, 2.45) is 0 Å². The molecule has 0 aliphatic heterocycles. The van der Waals surface area contributed by atoms with Crippen LogP contribution in [0, 0.1) is 0 Å². The number of nitrogens with zero attached hydrogens (tertiary/aromatic N) is 2. The second-order valence-electron chi connectivity index (χ2n) is 4.00. The van der Waals surface area contributed by atoms with Crippen molar-refractivity contribution in [2.45, 2.75) is 33.2 Å². The number of hydrogen-bond donors (Lipinski definition) is 1. The summed E-state index contributed by atoms with van der Waals surface area (Å²) in [5.74, 6) is 0.0538. The van der Waals surface area contributed by atoms with Gasteiger partial charge in [-0.05, 0) is 25.5 Å². The number of aromatic carboxylic acids is 1. The Balaban J connectivity index is 2.71. The monoisotopic (exact) mass is 232 g/mol. The van der Waals surface area contributed by atoms with E-state index in [1.807, 2.05) is 13.0 Å². The van der Waals surface area contributed by atoms with E-state index in [4.69, 9.17) is 5.11 Å². The lowest BCUT2D eigenvalue weighted by Crippen LogP contribution is -2.01. The molecule has 90 valence electrons. The van der Waals surface area contributed by atoms with Crippen LogP contribution in [0.15, 0.2) is 18.2 Å². The highest BCUT2D eigenvalue weighted by Gasteiger charge is 2.15. The summed E-state index contributed by atoms with van der Waals surface area (Å²) in [6.45, 7) is 4.96. The molecule has 2 aromatic rings. The number of imidazole rings is 1. The largest absolute Gasteiger partial charge is 0.478 e. The molecule has 1 aromatic carbocycles. The molecule has 0 aliphatic rings. The number of carbonyl (C=O) groups is 1. The van der Waals surface area contributed by atoms with Gasteiger partial charge >= 0.3 is 5.97 Å². The van der Waals surface area contributed by atoms with Gasteiger partial charge < -0.3 is 9.67 Å². The number of carboxylic acid groups (broad SMARTS) is 1. The Bertz CT molecular complexity index is 558. The highest BCUT2D eigenvalue weighted by Crippen LogP contribution is 2.21. The van der Waals surface area contributed by atoms with E-state index in [9.17, 15) is 4.79 Å². The minimum atomic E-state index is -0.917. The van der Waals surface area contributed by atoms with E-state index in [1.165, 1.54) is 0 Å². The molecule has 0 aliphatic carbocycles. The summed E-state index contributed by atoms with van der Waals surface area (Å²) in [6, 6.07) is 5.31. The third kappa shape index (κ3) is 1.90. The maximum Gasteiger partial charge on any atom is 0.337 e. The van der Waals surface area contributed by atoms with Crippen molar-refractivity contribution in [1.82, 2.24) is 9.55 Å². The minimum absolute atomic E-state index is 0.284. The van der Waals surface area contributed by atoms with Gasteiger partial charge in [0.1, 0.15) is 11.3 Å². The third-order valence-electron chi connectivity index (χ3n) is 2.88. The molecule has 2 rings (SSSR count). The van der Waals surface area contributed by atoms with Gasteiger partial charge in [0.25, 0.3) is 0 Å². The summed E-state index contributed by atoms with van der Waals surface area (Å²) < 4.78 is 2.09. The van der Waals surface area contributed by atoms with E-state index >= 15 is 0 Å². The van der Waals surface area contributed by atoms with Crippen LogP contribution in [0.4, 0.5) is 0 Å². The topological polar surface area (TPSA) is 55.1 Å². The van der Waals surface area contributed by atoms with Crippen molar-refractivity contribution in [1.29, 1.82) is 0 Å². The molecule has 0 bridgehead atoms. The van der Waals surface area contributed by atoms with Gasteiger partial charge in [0.2, 0.25) is 0 Å². The molecule has 0 saturated heterocycles. The Morgan fingerprint density at radius 2 is 2.18 bits per heavy atom. The number of rotatable bonds is 4. The summed E-state index contributed by atoms with van der Waals surface area (Å²) in [5, 5.41) is 9.14. The van der Waals surface area contributed by atoms with E-state index in [0.29, 0.717) is 5.52 Å². The van der Waals surface area contributed by atoms with E-state index in [-0.39, 0.29) is 5.56 Å². The Morgan fingerprint density at radius 1 is 1.41 bits per heavy atom. The van der Waals surface area contributed by atoms with Crippen LogP contribution in [0.25, 0.3) is 11.0 Å². The Hall–Kier alpha value is -1.84. The van der Waals surface area contributed by atoms with Crippen LogP contribution >= 0.6 is 0 Å². The number of benzene rings is 1. The van der Waals surface area contributed by atoms with E-state index < -0.39 is 5.97 Å². The zero-order chi connectivity index (χ0) is 12.4. The normalized spacial score (nSPS) is 10.9. The summed E-state index contributed by atoms with van der Waals surface area (Å²) in [7, 11) is 0. The summed E-state index contributed by atoms with van der Waals surface area (Å²) in [6.07, 6.45) is 1.88. The predicted octanol–water partition coefficient (Wildman–Crippen LogP) is 2.71. The lowest BCUT2D eigenvalue weighted by atomic mass is 10.2. The maximum atomic E-state index is 11.1. The summed E-state index contributed by atoms with van der Waals surface area (Å²) in [5.41, 5.74) is 1.80. The molecule has 0 spiro atoms. The highest BCUT2D eigenvalue weighted by atomic mass is 16.4. The average Bonchev–Trinajstić information content (AvgIpc) is 2.66. The van der Waals surface area contributed by atoms with Crippen molar-refractivity contribution in [3.63, 3.8) is 0 Å². The molecule has 1 aromatic heterocycles. The van der Waals surface area contributed by atoms with Gasteiger partial charge in [-0.2, -0.15) is 0 Å². The van der Waals surface area contributed by atoms with Crippen molar-refractivity contribution in [2.75, 3.05) is 0 Å². The number of fused-ring (bicyclic) bond motifs is 1. The summed E-state index contributed by atoms with van der Waals surface area (Å²) in [4.78, 5) is 15.6. The van der Waals surface area contributed by atoms with Gasteiger partial charge in [0.15, 0.2) is 0 Å². The van der Waals surface area contributed by atoms with Crippen LogP contribution in [-0.4, -0.2) is 20.6 Å². The minimum Gasteiger partial charge on any atom is -0.478 e. The number of aromatic nitrogens is 2. The first-order valence-electron chi connectivity index (χ1n) is 5.90. The van der Waals surface area contributed by atoms with Gasteiger partial charge in [0.05, 0.1) is 11.1 Å². The Kier molecular flexibility index (Phi) is 3.13. The molecule has 4 nitrogen and oxygen atoms in total. The van der Waals surface area contributed by atoms with E-state index in [0.717, 1.165) is 30.7 Å². The van der Waals surface area contributed by atoms with Gasteiger partial charge in [-0.25, -0.2) is 9.78 Å². The predicted molar refractivity (Wildman–Crippen MR) is 66.4 cm³/mol. The average molecular weight is 232 g/mol. The zero-order valence-corrected chi connectivity index (χ0v) is 10.1. The van der Waals surface area contributed by atoms with Gasteiger partial charge in [-0.1, -0.05) is 13.0 Å². The lowest BCUT2D eigenvalue weighted by Gasteiger charge is -2.04. The van der Waals surface area contributed by atoms with Crippen molar-refractivity contribution in [3.8, 4) is 0 Å². The van der Waals surface area contributed by atoms with Crippen LogP contribution in [0.3, 0.4) is 0 Å². The van der Waals surface area contributed by atoms with Gasteiger partial charge in [-0.3, -0.25) is 0 Å². The number of para-hydroxylation sites is 1. The Morgan fingerprint density at radius 3 is 2.76 bits per heavy atom. The van der Waals surface area contributed by atoms with Gasteiger partial charge in [0, 0.05) is 13.0 Å². The van der Waals surface area contributed by atoms with Crippen molar-refractivity contribution < 1.29 is 9.90 Å². The molecular formula is C13H16N2O2. The van der Waals surface area contributed by atoms with Crippen molar-refractivity contribution in [3.05, 3.63) is 29.6 Å². The zero-order valence-electron chi connectivity index (χ0n) is 10.1. The summed E-state index contributed by atoms with van der Waals surface area (Å²) >= 11 is 0. The number of carboxylic acids is 1. The van der Waals surface area contributed by atoms with Crippen LogP contribution in [0.5, 0.6) is 0 Å². The maximum absolute atomic E-state index is 11.1. The molecule has 1 heterocycles. The molecule has 0 saturated carbocycles. The van der Waals surface area contributed by atoms with Gasteiger partial charge in [-0.15, -0.1) is 0 Å². The van der Waals surface area contributed by atoms with Crippen LogP contribution < -0.4 is 0 Å². The van der Waals surface area contributed by atoms with E-state index in [2.05, 4.69) is 16.5 Å². The molecule has 0 fully saturated rings. The Labute approximate surface area is 99.9 Å². The third-order valence-corrected chi connectivity index (χ3v) is 2.88. The lowest BCUT2D eigenvalue weighted by molar-refractivity contribution is 0.0699. The number of aryl methyl sites for hydroxylation is 2.